The number of nitrogens with zero attached hydrogens (tertiary/aromatic N) is 1. The summed E-state index contributed by atoms with van der Waals surface area (Å²) in [4.78, 5) is 13.6. The molecule has 2 N–H and O–H groups in total. The maximum Gasteiger partial charge on any atom is 0.415 e. The largest absolute Gasteiger partial charge is 0.415 e. The second kappa shape index (κ2) is 6.20. The van der Waals surface area contributed by atoms with E-state index in [0.717, 1.165) is 0 Å². The van der Waals surface area contributed by atoms with Crippen LogP contribution in [0, 0.1) is 0 Å². The number of hydrogen-bond acceptors (Lipinski definition) is 3. The van der Waals surface area contributed by atoms with Crippen LogP contribution >= 0.6 is 12.2 Å². The molecule has 0 heterocycles. The molecular formula is C12H16N2O2S. The molecule has 1 unspecified atom stereocenters. The Morgan fingerprint density at radius 1 is 1.47 bits per heavy atom. The first-order valence-electron chi connectivity index (χ1n) is 5.28. The van der Waals surface area contributed by atoms with Gasteiger partial charge in [0.1, 0.15) is 5.75 Å². The quantitative estimate of drug-likeness (QED) is 0.834. The number of carbonyl (C=O) groups is 1. The Morgan fingerprint density at radius 3 is 2.59 bits per heavy atom. The Balaban J connectivity index is 2.55. The average molecular weight is 252 g/mol. The molecule has 1 rings (SSSR count). The molecule has 0 fully saturated rings. The summed E-state index contributed by atoms with van der Waals surface area (Å²) in [5, 5.41) is 0. The van der Waals surface area contributed by atoms with E-state index in [1.807, 2.05) is 13.0 Å². The molecule has 0 saturated heterocycles. The molecular weight excluding hydrogens is 236 g/mol. The molecule has 92 valence electrons. The monoisotopic (exact) mass is 252 g/mol. The van der Waals surface area contributed by atoms with Gasteiger partial charge >= 0.3 is 6.09 Å². The first-order chi connectivity index (χ1) is 8.00. The number of rotatable bonds is 4. The van der Waals surface area contributed by atoms with Gasteiger partial charge in [-0.05, 0) is 19.1 Å². The fourth-order valence-electron chi connectivity index (χ4n) is 1.27. The molecule has 1 amide bonds. The minimum Gasteiger partial charge on any atom is -0.410 e. The molecule has 1 aromatic carbocycles. The van der Waals surface area contributed by atoms with E-state index in [4.69, 9.17) is 22.7 Å². The molecule has 1 aromatic rings. The number of benzene rings is 1. The first-order valence-corrected chi connectivity index (χ1v) is 5.69. The number of amides is 1. The van der Waals surface area contributed by atoms with E-state index < -0.39 is 6.09 Å². The van der Waals surface area contributed by atoms with Gasteiger partial charge < -0.3 is 15.4 Å². The van der Waals surface area contributed by atoms with E-state index in [2.05, 4.69) is 0 Å². The Kier molecular flexibility index (Phi) is 4.90. The van der Waals surface area contributed by atoms with Crippen LogP contribution in [0.1, 0.15) is 13.3 Å². The topological polar surface area (TPSA) is 55.6 Å². The van der Waals surface area contributed by atoms with Crippen molar-refractivity contribution >= 4 is 23.3 Å². The lowest BCUT2D eigenvalue weighted by molar-refractivity contribution is 0.150. The zero-order chi connectivity index (χ0) is 12.8. The summed E-state index contributed by atoms with van der Waals surface area (Å²) in [5.41, 5.74) is 5.44. The summed E-state index contributed by atoms with van der Waals surface area (Å²) in [5.74, 6) is 0.520. The van der Waals surface area contributed by atoms with E-state index in [9.17, 15) is 4.79 Å². The fraction of sp³-hybridized carbons (Fsp3) is 0.333. The van der Waals surface area contributed by atoms with Gasteiger partial charge in [-0.1, -0.05) is 30.4 Å². The Hall–Kier alpha value is -1.62. The maximum absolute atomic E-state index is 11.8. The van der Waals surface area contributed by atoms with Gasteiger partial charge in [0.05, 0.1) is 4.99 Å². The smallest absolute Gasteiger partial charge is 0.410 e. The highest BCUT2D eigenvalue weighted by molar-refractivity contribution is 7.80. The van der Waals surface area contributed by atoms with Crippen LogP contribution in [-0.4, -0.2) is 29.1 Å². The van der Waals surface area contributed by atoms with E-state index >= 15 is 0 Å². The Bertz CT molecular complexity index is 395. The number of carbonyl (C=O) groups excluding carboxylic acids is 1. The summed E-state index contributed by atoms with van der Waals surface area (Å²) in [6, 6.07) is 8.84. The summed E-state index contributed by atoms with van der Waals surface area (Å²) in [6.45, 7) is 1.87. The van der Waals surface area contributed by atoms with Crippen LogP contribution in [0.25, 0.3) is 0 Å². The summed E-state index contributed by atoms with van der Waals surface area (Å²) in [7, 11) is 1.66. The standard InChI is InChI=1S/C12H16N2O2S/c1-9(8-11(13)17)14(2)12(15)16-10-6-4-3-5-7-10/h3-7,9H,8H2,1-2H3,(H2,13,17). The molecule has 4 nitrogen and oxygen atoms in total. The van der Waals surface area contributed by atoms with E-state index in [0.29, 0.717) is 17.2 Å². The molecule has 0 aliphatic carbocycles. The number of hydrogen-bond donors (Lipinski definition) is 1. The van der Waals surface area contributed by atoms with Crippen LogP contribution in [0.5, 0.6) is 5.75 Å². The van der Waals surface area contributed by atoms with Crippen LogP contribution in [0.15, 0.2) is 30.3 Å². The van der Waals surface area contributed by atoms with Gasteiger partial charge in [-0.15, -0.1) is 0 Å². The normalized spacial score (nSPS) is 11.6. The molecule has 1 atom stereocenters. The second-order valence-electron chi connectivity index (χ2n) is 3.81. The predicted molar refractivity (Wildman–Crippen MR) is 71.1 cm³/mol. The van der Waals surface area contributed by atoms with Crippen molar-refractivity contribution in [3.63, 3.8) is 0 Å². The molecule has 0 saturated carbocycles. The van der Waals surface area contributed by atoms with Gasteiger partial charge in [-0.25, -0.2) is 4.79 Å². The number of para-hydroxylation sites is 1. The molecule has 5 heteroatoms. The molecule has 0 aliphatic heterocycles. The van der Waals surface area contributed by atoms with Crippen molar-refractivity contribution < 1.29 is 9.53 Å². The number of ether oxygens (including phenoxy) is 1. The number of thiocarbonyl (C=S) groups is 1. The maximum atomic E-state index is 11.8. The number of nitrogens with two attached hydrogens (primary N) is 1. The Morgan fingerprint density at radius 2 is 2.06 bits per heavy atom. The highest BCUT2D eigenvalue weighted by atomic mass is 32.1. The first kappa shape index (κ1) is 13.4. The van der Waals surface area contributed by atoms with Crippen molar-refractivity contribution in [3.8, 4) is 5.75 Å². The molecule has 17 heavy (non-hydrogen) atoms. The molecule has 0 aliphatic rings. The van der Waals surface area contributed by atoms with E-state index in [-0.39, 0.29) is 6.04 Å². The highest BCUT2D eigenvalue weighted by Crippen LogP contribution is 2.11. The SMILES string of the molecule is CC(CC(N)=S)N(C)C(=O)Oc1ccccc1. The molecule has 0 aromatic heterocycles. The predicted octanol–water partition coefficient (Wildman–Crippen LogP) is 2.18. The van der Waals surface area contributed by atoms with Gasteiger partial charge in [0, 0.05) is 19.5 Å². The third-order valence-electron chi connectivity index (χ3n) is 2.39. The molecule has 0 spiro atoms. The van der Waals surface area contributed by atoms with Gasteiger partial charge in [0.2, 0.25) is 0 Å². The van der Waals surface area contributed by atoms with Crippen molar-refractivity contribution in [2.75, 3.05) is 7.05 Å². The minimum absolute atomic E-state index is 0.0799. The van der Waals surface area contributed by atoms with E-state index in [1.165, 1.54) is 4.90 Å². The van der Waals surface area contributed by atoms with Crippen molar-refractivity contribution in [1.29, 1.82) is 0 Å². The average Bonchev–Trinajstić information content (AvgIpc) is 2.28. The molecule has 0 radical (unpaired) electrons. The van der Waals surface area contributed by atoms with Gasteiger partial charge in [0.15, 0.2) is 0 Å². The zero-order valence-corrected chi connectivity index (χ0v) is 10.7. The lowest BCUT2D eigenvalue weighted by atomic mass is 10.2. The minimum atomic E-state index is -0.417. The van der Waals surface area contributed by atoms with Crippen molar-refractivity contribution in [2.45, 2.75) is 19.4 Å². The van der Waals surface area contributed by atoms with Crippen molar-refractivity contribution in [2.24, 2.45) is 5.73 Å². The van der Waals surface area contributed by atoms with Crippen LogP contribution in [0.2, 0.25) is 0 Å². The van der Waals surface area contributed by atoms with Gasteiger partial charge in [0.25, 0.3) is 0 Å². The lowest BCUT2D eigenvalue weighted by Crippen LogP contribution is -2.39. The van der Waals surface area contributed by atoms with Crippen molar-refractivity contribution in [3.05, 3.63) is 30.3 Å². The summed E-state index contributed by atoms with van der Waals surface area (Å²) >= 11 is 4.81. The van der Waals surface area contributed by atoms with Crippen LogP contribution in [0.4, 0.5) is 4.79 Å². The highest BCUT2D eigenvalue weighted by Gasteiger charge is 2.18. The Labute approximate surface area is 106 Å². The summed E-state index contributed by atoms with van der Waals surface area (Å²) in [6.07, 6.45) is 0.0652. The molecule has 0 bridgehead atoms. The van der Waals surface area contributed by atoms with Crippen molar-refractivity contribution in [1.82, 2.24) is 4.90 Å². The van der Waals surface area contributed by atoms with Crippen LogP contribution in [0.3, 0.4) is 0 Å². The third-order valence-corrected chi connectivity index (χ3v) is 2.56. The third kappa shape index (κ3) is 4.40. The lowest BCUT2D eigenvalue weighted by Gasteiger charge is -2.23. The summed E-state index contributed by atoms with van der Waals surface area (Å²) < 4.78 is 5.18. The fourth-order valence-corrected chi connectivity index (χ4v) is 1.51. The second-order valence-corrected chi connectivity index (χ2v) is 4.34. The zero-order valence-electron chi connectivity index (χ0n) is 9.92. The van der Waals surface area contributed by atoms with Crippen LogP contribution in [-0.2, 0) is 0 Å². The van der Waals surface area contributed by atoms with Gasteiger partial charge in [-0.2, -0.15) is 0 Å². The van der Waals surface area contributed by atoms with Crippen LogP contribution < -0.4 is 10.5 Å². The van der Waals surface area contributed by atoms with E-state index in [1.54, 1.807) is 31.3 Å². The van der Waals surface area contributed by atoms with Gasteiger partial charge in [-0.3, -0.25) is 0 Å².